The Morgan fingerprint density at radius 2 is 2.27 bits per heavy atom. The van der Waals surface area contributed by atoms with Gasteiger partial charge in [-0.25, -0.2) is 4.79 Å². The van der Waals surface area contributed by atoms with E-state index in [2.05, 4.69) is 29.7 Å². The molecule has 0 saturated carbocycles. The summed E-state index contributed by atoms with van der Waals surface area (Å²) in [5.74, 6) is 0.475. The number of dihydropyridines is 1. The van der Waals surface area contributed by atoms with Crippen molar-refractivity contribution in [2.75, 3.05) is 19.6 Å². The first-order chi connectivity index (χ1) is 10.3. The molecule has 2 atom stereocenters. The molecule has 2 aliphatic rings. The van der Waals surface area contributed by atoms with Gasteiger partial charge in [0, 0.05) is 19.6 Å². The van der Waals surface area contributed by atoms with Crippen molar-refractivity contribution in [1.29, 1.82) is 0 Å². The molecule has 0 aromatic rings. The Morgan fingerprint density at radius 1 is 1.50 bits per heavy atom. The SMILES string of the molecule is CC1=CC(NC[C@@H]2CCCN(C(=O)OC(C)(C)C)C2)NC=C1. The van der Waals surface area contributed by atoms with Crippen LogP contribution >= 0.6 is 0 Å². The molecular weight excluding hydrogens is 278 g/mol. The number of nitrogens with one attached hydrogen (secondary N) is 2. The number of piperidine rings is 1. The number of carbonyl (C=O) groups excluding carboxylic acids is 1. The van der Waals surface area contributed by atoms with Crippen LogP contribution in [0.25, 0.3) is 0 Å². The molecule has 0 spiro atoms. The van der Waals surface area contributed by atoms with E-state index in [1.54, 1.807) is 0 Å². The van der Waals surface area contributed by atoms with E-state index in [0.717, 1.165) is 32.5 Å². The molecular formula is C17H29N3O2. The number of hydrogen-bond donors (Lipinski definition) is 2. The van der Waals surface area contributed by atoms with E-state index in [4.69, 9.17) is 4.74 Å². The van der Waals surface area contributed by atoms with Gasteiger partial charge in [0.15, 0.2) is 0 Å². The number of allylic oxidation sites excluding steroid dienone is 2. The van der Waals surface area contributed by atoms with Gasteiger partial charge in [-0.2, -0.15) is 0 Å². The van der Waals surface area contributed by atoms with Gasteiger partial charge in [-0.05, 0) is 64.8 Å². The highest BCUT2D eigenvalue weighted by Crippen LogP contribution is 2.19. The van der Waals surface area contributed by atoms with Gasteiger partial charge in [0.2, 0.25) is 0 Å². The highest BCUT2D eigenvalue weighted by Gasteiger charge is 2.27. The van der Waals surface area contributed by atoms with E-state index in [-0.39, 0.29) is 12.3 Å². The number of amides is 1. The molecule has 0 aliphatic carbocycles. The van der Waals surface area contributed by atoms with Crippen molar-refractivity contribution in [2.45, 2.75) is 52.3 Å². The highest BCUT2D eigenvalue weighted by atomic mass is 16.6. The normalized spacial score (nSPS) is 25.5. The minimum Gasteiger partial charge on any atom is -0.444 e. The van der Waals surface area contributed by atoms with E-state index >= 15 is 0 Å². The van der Waals surface area contributed by atoms with Crippen LogP contribution in [-0.2, 0) is 4.74 Å². The number of ether oxygens (including phenoxy) is 1. The fraction of sp³-hybridized carbons (Fsp3) is 0.706. The maximum absolute atomic E-state index is 12.2. The Bertz CT molecular complexity index is 451. The summed E-state index contributed by atoms with van der Waals surface area (Å²) in [5, 5.41) is 6.79. The van der Waals surface area contributed by atoms with E-state index < -0.39 is 5.60 Å². The zero-order chi connectivity index (χ0) is 16.2. The van der Waals surface area contributed by atoms with Gasteiger partial charge in [0.1, 0.15) is 5.60 Å². The lowest BCUT2D eigenvalue weighted by molar-refractivity contribution is 0.0165. The Hall–Kier alpha value is -1.49. The molecule has 0 aromatic heterocycles. The molecule has 0 aromatic carbocycles. The molecule has 1 amide bonds. The van der Waals surface area contributed by atoms with Crippen molar-refractivity contribution in [1.82, 2.24) is 15.5 Å². The summed E-state index contributed by atoms with van der Waals surface area (Å²) in [5.41, 5.74) is 0.832. The third-order valence-electron chi connectivity index (χ3n) is 3.85. The first-order valence-electron chi connectivity index (χ1n) is 8.16. The number of hydrogen-bond acceptors (Lipinski definition) is 4. The molecule has 124 valence electrons. The van der Waals surface area contributed by atoms with Crippen LogP contribution in [0.4, 0.5) is 4.79 Å². The van der Waals surface area contributed by atoms with Crippen LogP contribution in [0.2, 0.25) is 0 Å². The predicted molar refractivity (Wildman–Crippen MR) is 88.4 cm³/mol. The first-order valence-corrected chi connectivity index (χ1v) is 8.16. The van der Waals surface area contributed by atoms with E-state index in [1.807, 2.05) is 31.9 Å². The van der Waals surface area contributed by atoms with Gasteiger partial charge in [-0.15, -0.1) is 0 Å². The topological polar surface area (TPSA) is 53.6 Å². The second-order valence-corrected chi connectivity index (χ2v) is 7.23. The lowest BCUT2D eigenvalue weighted by Gasteiger charge is -2.34. The van der Waals surface area contributed by atoms with Gasteiger partial charge in [0.05, 0.1) is 6.17 Å². The lowest BCUT2D eigenvalue weighted by atomic mass is 9.98. The summed E-state index contributed by atoms with van der Waals surface area (Å²) in [7, 11) is 0. The third kappa shape index (κ3) is 5.37. The fourth-order valence-electron chi connectivity index (χ4n) is 2.79. The molecule has 0 bridgehead atoms. The van der Waals surface area contributed by atoms with Crippen LogP contribution < -0.4 is 10.6 Å². The molecule has 1 unspecified atom stereocenters. The molecule has 2 aliphatic heterocycles. The van der Waals surface area contributed by atoms with Crippen molar-refractivity contribution in [2.24, 2.45) is 5.92 Å². The van der Waals surface area contributed by atoms with Crippen molar-refractivity contribution in [3.8, 4) is 0 Å². The van der Waals surface area contributed by atoms with E-state index in [1.165, 1.54) is 5.57 Å². The number of nitrogens with zero attached hydrogens (tertiary/aromatic N) is 1. The van der Waals surface area contributed by atoms with Crippen LogP contribution in [0.15, 0.2) is 23.9 Å². The molecule has 1 saturated heterocycles. The molecule has 2 heterocycles. The largest absolute Gasteiger partial charge is 0.444 e. The Kier molecular flexibility index (Phi) is 5.51. The molecule has 5 heteroatoms. The molecule has 1 fully saturated rings. The van der Waals surface area contributed by atoms with E-state index in [0.29, 0.717) is 5.92 Å². The van der Waals surface area contributed by atoms with Gasteiger partial charge in [-0.1, -0.05) is 5.57 Å². The standard InChI is InChI=1S/C17H29N3O2/c1-13-7-8-18-15(10-13)19-11-14-6-5-9-20(12-14)16(21)22-17(2,3)4/h7-8,10,14-15,18-19H,5-6,9,11-12H2,1-4H3/t14-,15?/m0/s1. The number of rotatable bonds is 3. The third-order valence-corrected chi connectivity index (χ3v) is 3.85. The molecule has 2 rings (SSSR count). The van der Waals surface area contributed by atoms with Crippen LogP contribution in [0.5, 0.6) is 0 Å². The maximum atomic E-state index is 12.2. The number of carbonyl (C=O) groups is 1. The fourth-order valence-corrected chi connectivity index (χ4v) is 2.79. The molecule has 0 radical (unpaired) electrons. The molecule has 5 nitrogen and oxygen atoms in total. The summed E-state index contributed by atoms with van der Waals surface area (Å²) >= 11 is 0. The van der Waals surface area contributed by atoms with Gasteiger partial charge in [0.25, 0.3) is 0 Å². The second-order valence-electron chi connectivity index (χ2n) is 7.23. The quantitative estimate of drug-likeness (QED) is 0.841. The molecule has 22 heavy (non-hydrogen) atoms. The van der Waals surface area contributed by atoms with Crippen molar-refractivity contribution < 1.29 is 9.53 Å². The minimum atomic E-state index is -0.428. The smallest absolute Gasteiger partial charge is 0.410 e. The summed E-state index contributed by atoms with van der Waals surface area (Å²) < 4.78 is 5.47. The predicted octanol–water partition coefficient (Wildman–Crippen LogP) is 2.61. The summed E-state index contributed by atoms with van der Waals surface area (Å²) in [6.07, 6.45) is 8.39. The van der Waals surface area contributed by atoms with Gasteiger partial charge < -0.3 is 15.0 Å². The zero-order valence-electron chi connectivity index (χ0n) is 14.2. The van der Waals surface area contributed by atoms with Gasteiger partial charge in [-0.3, -0.25) is 5.32 Å². The summed E-state index contributed by atoms with van der Waals surface area (Å²) in [6.45, 7) is 10.3. The van der Waals surface area contributed by atoms with Crippen LogP contribution in [0, 0.1) is 5.92 Å². The average Bonchev–Trinajstić information content (AvgIpc) is 2.44. The Morgan fingerprint density at radius 3 is 2.95 bits per heavy atom. The first kappa shape index (κ1) is 16.9. The van der Waals surface area contributed by atoms with E-state index in [9.17, 15) is 4.79 Å². The maximum Gasteiger partial charge on any atom is 0.410 e. The second kappa shape index (κ2) is 7.18. The van der Waals surface area contributed by atoms with Gasteiger partial charge >= 0.3 is 6.09 Å². The van der Waals surface area contributed by atoms with Crippen LogP contribution in [0.3, 0.4) is 0 Å². The summed E-state index contributed by atoms with van der Waals surface area (Å²) in [4.78, 5) is 14.0. The number of likely N-dealkylation sites (tertiary alicyclic amines) is 1. The highest BCUT2D eigenvalue weighted by molar-refractivity contribution is 5.68. The minimum absolute atomic E-state index is 0.182. The average molecular weight is 307 g/mol. The van der Waals surface area contributed by atoms with Crippen molar-refractivity contribution in [3.63, 3.8) is 0 Å². The Balaban J connectivity index is 1.78. The van der Waals surface area contributed by atoms with Crippen molar-refractivity contribution in [3.05, 3.63) is 23.9 Å². The zero-order valence-corrected chi connectivity index (χ0v) is 14.2. The Labute approximate surface area is 133 Å². The summed E-state index contributed by atoms with van der Waals surface area (Å²) in [6, 6.07) is 0. The van der Waals surface area contributed by atoms with Crippen molar-refractivity contribution >= 4 is 6.09 Å². The van der Waals surface area contributed by atoms with Crippen LogP contribution in [0.1, 0.15) is 40.5 Å². The monoisotopic (exact) mass is 307 g/mol. The lowest BCUT2D eigenvalue weighted by Crippen LogP contribution is -2.47. The molecule has 2 N–H and O–H groups in total. The van der Waals surface area contributed by atoms with Crippen LogP contribution in [-0.4, -0.2) is 42.4 Å².